The Bertz CT molecular complexity index is 493. The minimum atomic E-state index is -1.02. The summed E-state index contributed by atoms with van der Waals surface area (Å²) in [4.78, 5) is 16.2. The van der Waals surface area contributed by atoms with Crippen LogP contribution in [-0.2, 0) is 0 Å². The first kappa shape index (κ1) is 9.32. The molecule has 2 rings (SSSR count). The van der Waals surface area contributed by atoms with Gasteiger partial charge >= 0.3 is 5.97 Å². The van der Waals surface area contributed by atoms with Crippen LogP contribution < -0.4 is 0 Å². The number of hydrogen-bond donors (Lipinski definition) is 1. The third-order valence-corrected chi connectivity index (χ3v) is 1.88. The molecular formula is C9H8N4O2. The molecule has 2 aromatic rings. The third kappa shape index (κ3) is 1.69. The van der Waals surface area contributed by atoms with Crippen molar-refractivity contribution in [1.82, 2.24) is 20.0 Å². The molecule has 0 fully saturated rings. The van der Waals surface area contributed by atoms with Gasteiger partial charge in [0.2, 0.25) is 0 Å². The molecule has 0 saturated heterocycles. The fraction of sp³-hybridized carbons (Fsp3) is 0.111. The number of aromatic carboxylic acids is 1. The van der Waals surface area contributed by atoms with Crippen molar-refractivity contribution in [1.29, 1.82) is 0 Å². The SMILES string of the molecule is Cc1cc(C(=O)O)c(-n2nccn2)cn1. The van der Waals surface area contributed by atoms with E-state index in [2.05, 4.69) is 15.2 Å². The standard InChI is InChI=1S/C9H8N4O2/c1-6-4-7(9(14)15)8(5-10-6)13-11-2-3-12-13/h2-5H,1H3,(H,14,15). The van der Waals surface area contributed by atoms with Crippen molar-refractivity contribution >= 4 is 5.97 Å². The summed E-state index contributed by atoms with van der Waals surface area (Å²) in [6, 6.07) is 1.49. The topological polar surface area (TPSA) is 80.9 Å². The van der Waals surface area contributed by atoms with E-state index in [-0.39, 0.29) is 5.56 Å². The molecule has 6 nitrogen and oxygen atoms in total. The molecule has 0 saturated carbocycles. The van der Waals surface area contributed by atoms with Crippen LogP contribution in [0.2, 0.25) is 0 Å². The lowest BCUT2D eigenvalue weighted by Crippen LogP contribution is -2.09. The summed E-state index contributed by atoms with van der Waals surface area (Å²) in [5.74, 6) is -1.02. The zero-order valence-electron chi connectivity index (χ0n) is 7.95. The first-order chi connectivity index (χ1) is 7.18. The Morgan fingerprint density at radius 2 is 2.07 bits per heavy atom. The molecule has 2 heterocycles. The number of carboxylic acids is 1. The van der Waals surface area contributed by atoms with Crippen molar-refractivity contribution in [2.24, 2.45) is 0 Å². The average molecular weight is 204 g/mol. The number of rotatable bonds is 2. The van der Waals surface area contributed by atoms with Gasteiger partial charge in [-0.1, -0.05) is 0 Å². The summed E-state index contributed by atoms with van der Waals surface area (Å²) in [5.41, 5.74) is 1.14. The van der Waals surface area contributed by atoms with Crippen molar-refractivity contribution in [2.45, 2.75) is 6.92 Å². The number of hydrogen-bond acceptors (Lipinski definition) is 4. The lowest BCUT2D eigenvalue weighted by molar-refractivity contribution is 0.0696. The molecule has 76 valence electrons. The van der Waals surface area contributed by atoms with Gasteiger partial charge in [-0.2, -0.15) is 10.2 Å². The van der Waals surface area contributed by atoms with Crippen LogP contribution in [-0.4, -0.2) is 31.1 Å². The van der Waals surface area contributed by atoms with E-state index < -0.39 is 5.97 Å². The molecule has 0 unspecified atom stereocenters. The Hall–Kier alpha value is -2.24. The largest absolute Gasteiger partial charge is 0.478 e. The van der Waals surface area contributed by atoms with Crippen LogP contribution in [0.1, 0.15) is 16.1 Å². The second kappa shape index (κ2) is 3.49. The monoisotopic (exact) mass is 204 g/mol. The molecule has 15 heavy (non-hydrogen) atoms. The number of aryl methyl sites for hydroxylation is 1. The highest BCUT2D eigenvalue weighted by Gasteiger charge is 2.13. The van der Waals surface area contributed by atoms with Gasteiger partial charge in [-0.15, -0.1) is 4.80 Å². The second-order valence-electron chi connectivity index (χ2n) is 2.97. The highest BCUT2D eigenvalue weighted by atomic mass is 16.4. The van der Waals surface area contributed by atoms with Crippen molar-refractivity contribution in [3.8, 4) is 5.69 Å². The second-order valence-corrected chi connectivity index (χ2v) is 2.97. The van der Waals surface area contributed by atoms with E-state index in [4.69, 9.17) is 5.11 Å². The van der Waals surface area contributed by atoms with Gasteiger partial charge in [0.05, 0.1) is 24.2 Å². The van der Waals surface area contributed by atoms with E-state index in [0.29, 0.717) is 11.4 Å². The maximum atomic E-state index is 11.0. The van der Waals surface area contributed by atoms with Crippen molar-refractivity contribution < 1.29 is 9.90 Å². The molecule has 0 atom stereocenters. The molecule has 0 aliphatic heterocycles. The summed E-state index contributed by atoms with van der Waals surface area (Å²) in [6.07, 6.45) is 4.40. The Morgan fingerprint density at radius 3 is 2.67 bits per heavy atom. The van der Waals surface area contributed by atoms with Gasteiger partial charge in [0.1, 0.15) is 5.69 Å². The Kier molecular flexibility index (Phi) is 2.17. The summed E-state index contributed by atoms with van der Waals surface area (Å²) >= 11 is 0. The average Bonchev–Trinajstić information content (AvgIpc) is 2.70. The van der Waals surface area contributed by atoms with Crippen molar-refractivity contribution in [2.75, 3.05) is 0 Å². The van der Waals surface area contributed by atoms with E-state index in [0.717, 1.165) is 0 Å². The number of aromatic nitrogens is 4. The molecule has 1 N–H and O–H groups in total. The van der Waals surface area contributed by atoms with Crippen molar-refractivity contribution in [3.63, 3.8) is 0 Å². The summed E-state index contributed by atoms with van der Waals surface area (Å²) in [5, 5.41) is 16.7. The molecular weight excluding hydrogens is 196 g/mol. The van der Waals surface area contributed by atoms with Crippen LogP contribution in [0.15, 0.2) is 24.7 Å². The van der Waals surface area contributed by atoms with E-state index in [1.807, 2.05) is 0 Å². The Morgan fingerprint density at radius 1 is 1.40 bits per heavy atom. The Labute approximate surface area is 85.2 Å². The summed E-state index contributed by atoms with van der Waals surface area (Å²) < 4.78 is 0. The van der Waals surface area contributed by atoms with Crippen LogP contribution in [0.3, 0.4) is 0 Å². The van der Waals surface area contributed by atoms with E-state index in [1.165, 1.54) is 29.5 Å². The molecule has 2 aromatic heterocycles. The van der Waals surface area contributed by atoms with Gasteiger partial charge in [0, 0.05) is 5.69 Å². The van der Waals surface area contributed by atoms with Crippen LogP contribution >= 0.6 is 0 Å². The smallest absolute Gasteiger partial charge is 0.338 e. The lowest BCUT2D eigenvalue weighted by Gasteiger charge is -2.04. The van der Waals surface area contributed by atoms with Crippen LogP contribution in [0.4, 0.5) is 0 Å². The quantitative estimate of drug-likeness (QED) is 0.777. The van der Waals surface area contributed by atoms with Gasteiger partial charge in [0.15, 0.2) is 0 Å². The molecule has 0 aliphatic rings. The van der Waals surface area contributed by atoms with Gasteiger partial charge in [-0.05, 0) is 13.0 Å². The number of nitrogens with zero attached hydrogens (tertiary/aromatic N) is 4. The highest BCUT2D eigenvalue weighted by molar-refractivity contribution is 5.91. The first-order valence-electron chi connectivity index (χ1n) is 4.25. The normalized spacial score (nSPS) is 10.2. The highest BCUT2D eigenvalue weighted by Crippen LogP contribution is 2.12. The summed E-state index contributed by atoms with van der Waals surface area (Å²) in [7, 11) is 0. The fourth-order valence-electron chi connectivity index (χ4n) is 1.22. The van der Waals surface area contributed by atoms with Gasteiger partial charge in [-0.25, -0.2) is 4.79 Å². The molecule has 0 bridgehead atoms. The predicted molar refractivity (Wildman–Crippen MR) is 50.9 cm³/mol. The van der Waals surface area contributed by atoms with Crippen LogP contribution in [0.5, 0.6) is 0 Å². The van der Waals surface area contributed by atoms with E-state index >= 15 is 0 Å². The minimum absolute atomic E-state index is 0.138. The number of carbonyl (C=O) groups is 1. The molecule has 0 amide bonds. The van der Waals surface area contributed by atoms with E-state index in [9.17, 15) is 4.79 Å². The molecule has 0 spiro atoms. The Balaban J connectivity index is 2.61. The first-order valence-corrected chi connectivity index (χ1v) is 4.25. The molecule has 0 aromatic carbocycles. The minimum Gasteiger partial charge on any atom is -0.478 e. The number of pyridine rings is 1. The molecule has 6 heteroatoms. The van der Waals surface area contributed by atoms with Gasteiger partial charge < -0.3 is 5.11 Å². The van der Waals surface area contributed by atoms with Gasteiger partial charge in [0.25, 0.3) is 0 Å². The summed E-state index contributed by atoms with van der Waals surface area (Å²) in [6.45, 7) is 1.73. The fourth-order valence-corrected chi connectivity index (χ4v) is 1.22. The molecule has 0 aliphatic carbocycles. The lowest BCUT2D eigenvalue weighted by atomic mass is 10.2. The van der Waals surface area contributed by atoms with Crippen molar-refractivity contribution in [3.05, 3.63) is 35.9 Å². The maximum Gasteiger partial charge on any atom is 0.338 e. The maximum absolute atomic E-state index is 11.0. The zero-order valence-corrected chi connectivity index (χ0v) is 7.95. The van der Waals surface area contributed by atoms with E-state index in [1.54, 1.807) is 6.92 Å². The van der Waals surface area contributed by atoms with Gasteiger partial charge in [-0.3, -0.25) is 4.98 Å². The van der Waals surface area contributed by atoms with Crippen LogP contribution in [0, 0.1) is 6.92 Å². The predicted octanol–water partition coefficient (Wildman–Crippen LogP) is 0.669. The molecule has 0 radical (unpaired) electrons. The number of carboxylic acid groups (broad SMARTS) is 1. The third-order valence-electron chi connectivity index (χ3n) is 1.88. The van der Waals surface area contributed by atoms with Crippen LogP contribution in [0.25, 0.3) is 5.69 Å². The zero-order chi connectivity index (χ0) is 10.8.